The fourth-order valence-corrected chi connectivity index (χ4v) is 5.59. The zero-order chi connectivity index (χ0) is 28.6. The van der Waals surface area contributed by atoms with Gasteiger partial charge in [0.15, 0.2) is 0 Å². The normalized spacial score (nSPS) is 12.1. The largest absolute Gasteiger partial charge is 0.494 e. The Morgan fingerprint density at radius 3 is 2.21 bits per heavy atom. The summed E-state index contributed by atoms with van der Waals surface area (Å²) in [6, 6.07) is 20.4. The van der Waals surface area contributed by atoms with Gasteiger partial charge in [-0.25, -0.2) is 8.42 Å². The predicted molar refractivity (Wildman–Crippen MR) is 153 cm³/mol. The van der Waals surface area contributed by atoms with Crippen molar-refractivity contribution in [1.29, 1.82) is 0 Å². The molecule has 1 atom stereocenters. The van der Waals surface area contributed by atoms with Gasteiger partial charge in [-0.15, -0.1) is 0 Å². The molecule has 0 aliphatic carbocycles. The van der Waals surface area contributed by atoms with Crippen LogP contribution in [0.1, 0.15) is 33.3 Å². The number of halogens is 1. The van der Waals surface area contributed by atoms with Crippen molar-refractivity contribution in [3.63, 3.8) is 0 Å². The summed E-state index contributed by atoms with van der Waals surface area (Å²) >= 11 is 6.17. The minimum absolute atomic E-state index is 0.0404. The third kappa shape index (κ3) is 7.97. The molecule has 3 rings (SSSR count). The lowest BCUT2D eigenvalue weighted by molar-refractivity contribution is -0.139. The van der Waals surface area contributed by atoms with Gasteiger partial charge in [0.1, 0.15) is 18.3 Å². The molecule has 0 fully saturated rings. The molecule has 0 aromatic heterocycles. The number of ether oxygens (including phenoxy) is 1. The van der Waals surface area contributed by atoms with Gasteiger partial charge < -0.3 is 15.0 Å². The summed E-state index contributed by atoms with van der Waals surface area (Å²) in [6.45, 7) is 7.12. The molecule has 3 aromatic carbocycles. The Bertz CT molecular complexity index is 1370. The maximum Gasteiger partial charge on any atom is 0.264 e. The Morgan fingerprint density at radius 1 is 0.949 bits per heavy atom. The molecule has 0 saturated heterocycles. The van der Waals surface area contributed by atoms with E-state index in [0.29, 0.717) is 22.9 Å². The van der Waals surface area contributed by atoms with Crippen molar-refractivity contribution in [3.05, 3.63) is 89.4 Å². The van der Waals surface area contributed by atoms with E-state index < -0.39 is 28.5 Å². The summed E-state index contributed by atoms with van der Waals surface area (Å²) in [5.74, 6) is -0.320. The number of hydrogen-bond acceptors (Lipinski definition) is 5. The minimum Gasteiger partial charge on any atom is -0.494 e. The smallest absolute Gasteiger partial charge is 0.264 e. The number of rotatable bonds is 12. The Balaban J connectivity index is 2.02. The fourth-order valence-electron chi connectivity index (χ4n) is 3.94. The number of hydrogen-bond donors (Lipinski definition) is 1. The zero-order valence-electron chi connectivity index (χ0n) is 22.5. The molecule has 0 radical (unpaired) electrons. The first-order chi connectivity index (χ1) is 18.5. The van der Waals surface area contributed by atoms with E-state index in [-0.39, 0.29) is 29.1 Å². The van der Waals surface area contributed by atoms with Crippen LogP contribution in [0.3, 0.4) is 0 Å². The molecule has 0 spiro atoms. The Labute approximate surface area is 235 Å². The van der Waals surface area contributed by atoms with E-state index in [4.69, 9.17) is 16.3 Å². The van der Waals surface area contributed by atoms with E-state index in [1.807, 2.05) is 20.8 Å². The molecule has 0 aliphatic heterocycles. The van der Waals surface area contributed by atoms with Crippen molar-refractivity contribution in [2.24, 2.45) is 0 Å². The number of amides is 2. The van der Waals surface area contributed by atoms with Crippen molar-refractivity contribution in [1.82, 2.24) is 10.2 Å². The van der Waals surface area contributed by atoms with Gasteiger partial charge in [-0.1, -0.05) is 41.9 Å². The lowest BCUT2D eigenvalue weighted by atomic mass is 10.1. The molecule has 1 N–H and O–H groups in total. The quantitative estimate of drug-likeness (QED) is 0.334. The molecule has 2 amide bonds. The standard InChI is InChI=1S/C29H34ClN3O5S/c1-5-38-26-16-14-25(15-17-26)33(39(36,37)27-12-7-6-8-13-27)20-28(34)32(22(4)29(35)31-21(2)3)19-23-10-9-11-24(30)18-23/h6-18,21-22H,5,19-20H2,1-4H3,(H,31,35)/t22-/m1/s1. The second kappa shape index (κ2) is 13.5. The van der Waals surface area contributed by atoms with Gasteiger partial charge in [0, 0.05) is 17.6 Å². The third-order valence-electron chi connectivity index (χ3n) is 5.89. The molecular formula is C29H34ClN3O5S. The summed E-state index contributed by atoms with van der Waals surface area (Å²) in [7, 11) is -4.13. The third-order valence-corrected chi connectivity index (χ3v) is 7.91. The monoisotopic (exact) mass is 571 g/mol. The van der Waals surface area contributed by atoms with Crippen LogP contribution in [0.5, 0.6) is 5.75 Å². The van der Waals surface area contributed by atoms with Crippen LogP contribution >= 0.6 is 11.6 Å². The average Bonchev–Trinajstić information content (AvgIpc) is 2.90. The number of anilines is 1. The second-order valence-electron chi connectivity index (χ2n) is 9.24. The molecular weight excluding hydrogens is 538 g/mol. The second-order valence-corrected chi connectivity index (χ2v) is 11.5. The Hall–Kier alpha value is -3.56. The highest BCUT2D eigenvalue weighted by Gasteiger charge is 2.32. The maximum atomic E-state index is 13.9. The molecule has 8 nitrogen and oxygen atoms in total. The van der Waals surface area contributed by atoms with Crippen molar-refractivity contribution in [2.45, 2.75) is 51.2 Å². The zero-order valence-corrected chi connectivity index (χ0v) is 24.1. The SMILES string of the molecule is CCOc1ccc(N(CC(=O)N(Cc2cccc(Cl)c2)[C@H](C)C(=O)NC(C)C)S(=O)(=O)c2ccccc2)cc1. The van der Waals surface area contributed by atoms with Crippen LogP contribution in [-0.2, 0) is 26.2 Å². The molecule has 3 aromatic rings. The van der Waals surface area contributed by atoms with Gasteiger partial charge in [0.2, 0.25) is 11.8 Å². The van der Waals surface area contributed by atoms with Crippen LogP contribution in [-0.4, -0.2) is 50.4 Å². The van der Waals surface area contributed by atoms with Crippen molar-refractivity contribution in [2.75, 3.05) is 17.5 Å². The number of carbonyl (C=O) groups excluding carboxylic acids is 2. The van der Waals surface area contributed by atoms with E-state index in [2.05, 4.69) is 5.32 Å². The van der Waals surface area contributed by atoms with Crippen LogP contribution in [0, 0.1) is 0 Å². The average molecular weight is 572 g/mol. The van der Waals surface area contributed by atoms with Gasteiger partial charge in [-0.05, 0) is 81.8 Å². The van der Waals surface area contributed by atoms with E-state index in [9.17, 15) is 18.0 Å². The van der Waals surface area contributed by atoms with Crippen molar-refractivity contribution >= 4 is 39.1 Å². The summed E-state index contributed by atoms with van der Waals surface area (Å²) in [6.07, 6.45) is 0. The summed E-state index contributed by atoms with van der Waals surface area (Å²) in [4.78, 5) is 28.2. The Kier molecular flexibility index (Phi) is 10.4. The number of benzene rings is 3. The summed E-state index contributed by atoms with van der Waals surface area (Å²) in [5, 5.41) is 3.32. The van der Waals surface area contributed by atoms with E-state index in [1.54, 1.807) is 73.7 Å². The van der Waals surface area contributed by atoms with Gasteiger partial charge in [-0.2, -0.15) is 0 Å². The molecule has 0 heterocycles. The molecule has 10 heteroatoms. The molecule has 0 unspecified atom stereocenters. The molecule has 0 aliphatic rings. The first-order valence-electron chi connectivity index (χ1n) is 12.7. The van der Waals surface area contributed by atoms with E-state index in [1.165, 1.54) is 17.0 Å². The first-order valence-corrected chi connectivity index (χ1v) is 14.5. The highest BCUT2D eigenvalue weighted by Crippen LogP contribution is 2.27. The highest BCUT2D eigenvalue weighted by molar-refractivity contribution is 7.92. The van der Waals surface area contributed by atoms with Crippen LogP contribution in [0.2, 0.25) is 5.02 Å². The molecule has 0 bridgehead atoms. The van der Waals surface area contributed by atoms with Crippen LogP contribution < -0.4 is 14.4 Å². The number of sulfonamides is 1. The topological polar surface area (TPSA) is 96.0 Å². The van der Waals surface area contributed by atoms with Crippen molar-refractivity contribution < 1.29 is 22.7 Å². The van der Waals surface area contributed by atoms with E-state index in [0.717, 1.165) is 4.31 Å². The van der Waals surface area contributed by atoms with Gasteiger partial charge in [0.05, 0.1) is 17.2 Å². The van der Waals surface area contributed by atoms with Gasteiger partial charge in [0.25, 0.3) is 10.0 Å². The fraction of sp³-hybridized carbons (Fsp3) is 0.310. The highest BCUT2D eigenvalue weighted by atomic mass is 35.5. The van der Waals surface area contributed by atoms with Gasteiger partial charge >= 0.3 is 0 Å². The van der Waals surface area contributed by atoms with Gasteiger partial charge in [-0.3, -0.25) is 13.9 Å². The number of nitrogens with zero attached hydrogens (tertiary/aromatic N) is 2. The van der Waals surface area contributed by atoms with Crippen molar-refractivity contribution in [3.8, 4) is 5.75 Å². The Morgan fingerprint density at radius 2 is 1.62 bits per heavy atom. The number of carbonyl (C=O) groups is 2. The first kappa shape index (κ1) is 30.0. The predicted octanol–water partition coefficient (Wildman–Crippen LogP) is 4.88. The maximum absolute atomic E-state index is 13.9. The lowest BCUT2D eigenvalue weighted by Crippen LogP contribution is -2.52. The molecule has 208 valence electrons. The number of nitrogens with one attached hydrogen (secondary N) is 1. The van der Waals surface area contributed by atoms with Crippen LogP contribution in [0.25, 0.3) is 0 Å². The lowest BCUT2D eigenvalue weighted by Gasteiger charge is -2.32. The van der Waals surface area contributed by atoms with Crippen LogP contribution in [0.15, 0.2) is 83.8 Å². The molecule has 39 heavy (non-hydrogen) atoms. The minimum atomic E-state index is -4.13. The summed E-state index contributed by atoms with van der Waals surface area (Å²) < 4.78 is 34.1. The van der Waals surface area contributed by atoms with E-state index >= 15 is 0 Å². The molecule has 0 saturated carbocycles. The summed E-state index contributed by atoms with van der Waals surface area (Å²) in [5.41, 5.74) is 0.997. The van der Waals surface area contributed by atoms with Crippen LogP contribution in [0.4, 0.5) is 5.69 Å².